The van der Waals surface area contributed by atoms with Crippen molar-refractivity contribution in [2.75, 3.05) is 19.8 Å². The van der Waals surface area contributed by atoms with E-state index in [-0.39, 0.29) is 35.2 Å². The second-order valence-electron chi connectivity index (χ2n) is 20.6. The topological polar surface area (TPSA) is 58.9 Å². The number of aromatic hydroxyl groups is 2. The highest BCUT2D eigenvalue weighted by Gasteiger charge is 2.28. The molecular formula is C62H78O4. The van der Waals surface area contributed by atoms with E-state index in [1.54, 1.807) is 0 Å². The lowest BCUT2D eigenvalue weighted by Gasteiger charge is -2.26. The molecule has 0 radical (unpaired) electrons. The van der Waals surface area contributed by atoms with Crippen LogP contribution in [0, 0.1) is 13.8 Å². The van der Waals surface area contributed by atoms with Gasteiger partial charge >= 0.3 is 0 Å². The van der Waals surface area contributed by atoms with Crippen molar-refractivity contribution in [3.8, 4) is 61.8 Å². The maximum atomic E-state index is 13.0. The maximum absolute atomic E-state index is 13.0. The molecule has 0 unspecified atom stereocenters. The average molecular weight is 887 g/mol. The Morgan fingerprint density at radius 3 is 1.20 bits per heavy atom. The molecule has 0 saturated carbocycles. The van der Waals surface area contributed by atoms with Gasteiger partial charge in [0.1, 0.15) is 17.2 Å². The van der Waals surface area contributed by atoms with Crippen molar-refractivity contribution < 1.29 is 19.7 Å². The smallest absolute Gasteiger partial charge is 0.135 e. The molecule has 6 aromatic carbocycles. The van der Waals surface area contributed by atoms with Crippen LogP contribution in [0.1, 0.15) is 188 Å². The lowest BCUT2D eigenvalue weighted by molar-refractivity contribution is 0.131. The van der Waals surface area contributed by atoms with Crippen LogP contribution in [0.3, 0.4) is 0 Å². The summed E-state index contributed by atoms with van der Waals surface area (Å²) in [5, 5.41) is 26.0. The van der Waals surface area contributed by atoms with Crippen LogP contribution in [0.5, 0.6) is 17.2 Å². The Bertz CT molecular complexity index is 2410. The van der Waals surface area contributed by atoms with E-state index < -0.39 is 0 Å². The highest BCUT2D eigenvalue weighted by Crippen LogP contribution is 2.53. The zero-order valence-electron chi connectivity index (χ0n) is 42.9. The van der Waals surface area contributed by atoms with Gasteiger partial charge in [-0.2, -0.15) is 0 Å². The molecule has 0 amide bonds. The molecular weight excluding hydrogens is 809 g/mol. The number of hydrogen-bond acceptors (Lipinski definition) is 4. The molecule has 6 aromatic rings. The Kier molecular flexibility index (Phi) is 16.3. The van der Waals surface area contributed by atoms with Gasteiger partial charge in [0.15, 0.2) is 0 Å². The van der Waals surface area contributed by atoms with Crippen molar-refractivity contribution in [3.63, 3.8) is 0 Å². The molecule has 2 N–H and O–H groups in total. The summed E-state index contributed by atoms with van der Waals surface area (Å²) in [6, 6.07) is 32.9. The monoisotopic (exact) mass is 887 g/mol. The van der Waals surface area contributed by atoms with Gasteiger partial charge in [0.25, 0.3) is 0 Å². The summed E-state index contributed by atoms with van der Waals surface area (Å²) >= 11 is 0. The van der Waals surface area contributed by atoms with Crippen LogP contribution in [0.25, 0.3) is 44.5 Å². The number of hydrogen-bond donors (Lipinski definition) is 2. The van der Waals surface area contributed by atoms with Gasteiger partial charge in [-0.3, -0.25) is 0 Å². The van der Waals surface area contributed by atoms with Crippen molar-refractivity contribution in [2.45, 2.75) is 152 Å². The molecule has 0 spiro atoms. The van der Waals surface area contributed by atoms with E-state index in [2.05, 4.69) is 182 Å². The van der Waals surface area contributed by atoms with E-state index in [1.165, 1.54) is 38.9 Å². The van der Waals surface area contributed by atoms with Gasteiger partial charge in [0.05, 0.1) is 6.61 Å². The highest BCUT2D eigenvalue weighted by molar-refractivity contribution is 5.94. The largest absolute Gasteiger partial charge is 0.507 e. The van der Waals surface area contributed by atoms with Crippen molar-refractivity contribution in [1.82, 2.24) is 0 Å². The van der Waals surface area contributed by atoms with Crippen molar-refractivity contribution in [1.29, 1.82) is 0 Å². The number of ether oxygens (including phenoxy) is 2. The summed E-state index contributed by atoms with van der Waals surface area (Å²) in [7, 11) is 0. The molecule has 0 aromatic heterocycles. The molecule has 0 bridgehead atoms. The summed E-state index contributed by atoms with van der Waals surface area (Å²) in [4.78, 5) is 0. The van der Waals surface area contributed by atoms with Crippen LogP contribution in [-0.4, -0.2) is 30.0 Å². The van der Waals surface area contributed by atoms with Gasteiger partial charge in [-0.15, -0.1) is 0 Å². The number of rotatable bonds is 18. The van der Waals surface area contributed by atoms with Gasteiger partial charge in [-0.1, -0.05) is 138 Å². The normalized spacial score (nSPS) is 12.0. The first-order chi connectivity index (χ1) is 31.3. The Balaban J connectivity index is 1.74. The van der Waals surface area contributed by atoms with Crippen molar-refractivity contribution in [3.05, 3.63) is 147 Å². The second kappa shape index (κ2) is 21.5. The number of aryl methyl sites for hydroxylation is 2. The summed E-state index contributed by atoms with van der Waals surface area (Å²) in [5.74, 6) is 2.76. The number of phenols is 2. The van der Waals surface area contributed by atoms with Crippen molar-refractivity contribution in [2.24, 2.45) is 0 Å². The third-order valence-corrected chi connectivity index (χ3v) is 13.2. The van der Waals surface area contributed by atoms with E-state index in [1.807, 2.05) is 13.0 Å². The fourth-order valence-electron chi connectivity index (χ4n) is 9.54. The van der Waals surface area contributed by atoms with Crippen LogP contribution >= 0.6 is 0 Å². The number of phenolic OH excluding ortho intramolecular Hbond substituents is 2. The molecule has 6 rings (SSSR count). The maximum Gasteiger partial charge on any atom is 0.135 e. The van der Waals surface area contributed by atoms with Crippen molar-refractivity contribution >= 4 is 0 Å². The molecule has 350 valence electrons. The quantitative estimate of drug-likeness (QED) is 0.0844. The zero-order valence-corrected chi connectivity index (χ0v) is 42.9. The molecule has 0 heterocycles. The average Bonchev–Trinajstić information content (AvgIpc) is 3.27. The Morgan fingerprint density at radius 2 is 0.833 bits per heavy atom. The van der Waals surface area contributed by atoms with E-state index >= 15 is 0 Å². The molecule has 0 fully saturated rings. The Labute approximate surface area is 398 Å². The fourth-order valence-corrected chi connectivity index (χ4v) is 9.54. The zero-order chi connectivity index (χ0) is 48.1. The molecule has 0 saturated heterocycles. The van der Waals surface area contributed by atoms with Crippen LogP contribution in [-0.2, 0) is 11.2 Å². The standard InChI is InChI=1S/C62H78O4/c1-16-65-23-20-24-66-62-54(52-25-42(14)27-56(60(52)63)58-48(38(6)7)32-46(36(2)3)33-49(58)39(8)9)30-45(29-44-21-18-17-19-22-44)31-55(62)53-26-43(15)28-57(61(53)64)59-50(40(10)11)34-47(37(4)5)35-51(59)41(12)13/h17-19,21-22,25-28,30-41,63-64H,16,20,23-24,29H2,1-15H3. The van der Waals surface area contributed by atoms with E-state index in [0.29, 0.717) is 61.4 Å². The Hall–Kier alpha value is -5.32. The SMILES string of the molecule is CCOCCCOc1c(-c2cc(C)cc(-c3c(C(C)C)cc(C(C)C)cc3C(C)C)c2O)cc(Cc2ccccc2)cc1-c1cc(C)cc(-c2c(C(C)C)cc(C(C)C)cc2C(C)C)c1O. The molecule has 66 heavy (non-hydrogen) atoms. The third kappa shape index (κ3) is 10.9. The Morgan fingerprint density at radius 1 is 0.439 bits per heavy atom. The van der Waals surface area contributed by atoms with Gasteiger partial charge in [-0.05, 0) is 166 Å². The molecule has 4 heteroatoms. The van der Waals surface area contributed by atoms with Crippen LogP contribution < -0.4 is 4.74 Å². The van der Waals surface area contributed by atoms with Crippen LogP contribution in [0.2, 0.25) is 0 Å². The van der Waals surface area contributed by atoms with E-state index in [4.69, 9.17) is 9.47 Å². The first kappa shape index (κ1) is 50.1. The third-order valence-electron chi connectivity index (χ3n) is 13.2. The number of benzene rings is 6. The minimum absolute atomic E-state index is 0.228. The van der Waals surface area contributed by atoms with Gasteiger partial charge < -0.3 is 19.7 Å². The molecule has 4 nitrogen and oxygen atoms in total. The molecule has 0 aliphatic rings. The first-order valence-electron chi connectivity index (χ1n) is 24.8. The van der Waals surface area contributed by atoms with Gasteiger partial charge in [-0.25, -0.2) is 0 Å². The summed E-state index contributed by atoms with van der Waals surface area (Å²) in [6.07, 6.45) is 1.34. The highest BCUT2D eigenvalue weighted by atomic mass is 16.5. The molecule has 0 aliphatic heterocycles. The predicted octanol–water partition coefficient (Wildman–Crippen LogP) is 17.5. The minimum atomic E-state index is 0.228. The molecule has 0 atom stereocenters. The van der Waals surface area contributed by atoms with E-state index in [9.17, 15) is 10.2 Å². The first-order valence-corrected chi connectivity index (χ1v) is 24.8. The molecule has 0 aliphatic carbocycles. The fraction of sp³-hybridized carbons (Fsp3) is 0.419. The lowest BCUT2D eigenvalue weighted by Crippen LogP contribution is -2.07. The van der Waals surface area contributed by atoms with Gasteiger partial charge in [0.2, 0.25) is 0 Å². The van der Waals surface area contributed by atoms with Crippen LogP contribution in [0.4, 0.5) is 0 Å². The minimum Gasteiger partial charge on any atom is -0.507 e. The van der Waals surface area contributed by atoms with Crippen LogP contribution in [0.15, 0.2) is 91.0 Å². The summed E-state index contributed by atoms with van der Waals surface area (Å²) < 4.78 is 12.8. The predicted molar refractivity (Wildman–Crippen MR) is 281 cm³/mol. The second-order valence-corrected chi connectivity index (χ2v) is 20.6. The summed E-state index contributed by atoms with van der Waals surface area (Å²) in [6.45, 7) is 34.9. The lowest BCUT2D eigenvalue weighted by atomic mass is 9.80. The van der Waals surface area contributed by atoms with Gasteiger partial charge in [0, 0.05) is 53.0 Å². The summed E-state index contributed by atoms with van der Waals surface area (Å²) in [5.41, 5.74) is 18.8. The van der Waals surface area contributed by atoms with E-state index in [0.717, 1.165) is 50.1 Å².